The zero-order valence-electron chi connectivity index (χ0n) is 22.6. The van der Waals surface area contributed by atoms with Crippen LogP contribution in [0, 0.1) is 30.5 Å². The first-order valence-corrected chi connectivity index (χ1v) is 14.0. The molecule has 0 aromatic heterocycles. The van der Waals surface area contributed by atoms with Crippen LogP contribution in [0.5, 0.6) is 0 Å². The Hall–Kier alpha value is -1.70. The predicted octanol–water partition coefficient (Wildman–Crippen LogP) is 5.10. The first-order valence-electron chi connectivity index (χ1n) is 14.0. The lowest BCUT2D eigenvalue weighted by Gasteiger charge is -2.51. The molecule has 2 unspecified atom stereocenters. The summed E-state index contributed by atoms with van der Waals surface area (Å²) in [6.45, 7) is 3.72. The monoisotopic (exact) mass is 505 g/mol. The van der Waals surface area contributed by atoms with E-state index in [4.69, 9.17) is 10.5 Å². The molecule has 1 aromatic rings. The predicted molar refractivity (Wildman–Crippen MR) is 142 cm³/mol. The molecule has 1 saturated carbocycles. The Balaban J connectivity index is 2.04. The van der Waals surface area contributed by atoms with Gasteiger partial charge >= 0.3 is 6.03 Å². The van der Waals surface area contributed by atoms with Crippen molar-refractivity contribution in [3.8, 4) is 0 Å². The number of hydrogen-bond donors (Lipinski definition) is 3. The maximum Gasteiger partial charge on any atom is 0.315 e. The fourth-order valence-corrected chi connectivity index (χ4v) is 7.07. The number of hydrogen-bond acceptors (Lipinski definition) is 4. The summed E-state index contributed by atoms with van der Waals surface area (Å²) in [5.74, 6) is 0.245. The van der Waals surface area contributed by atoms with Gasteiger partial charge in [-0.2, -0.15) is 0 Å². The molecule has 4 atom stereocenters. The summed E-state index contributed by atoms with van der Waals surface area (Å²) in [5.41, 5.74) is 5.83. The molecule has 1 heterocycles. The van der Waals surface area contributed by atoms with E-state index < -0.39 is 11.6 Å². The average Bonchev–Trinajstić information content (AvgIpc) is 2.88. The Kier molecular flexibility index (Phi) is 11.0. The van der Waals surface area contributed by atoms with Gasteiger partial charge in [-0.1, -0.05) is 44.2 Å². The highest BCUT2D eigenvalue weighted by atomic mass is 19.1. The Morgan fingerprint density at radius 3 is 2.67 bits per heavy atom. The number of aliphatic hydroxyl groups is 1. The fourth-order valence-electron chi connectivity index (χ4n) is 7.07. The summed E-state index contributed by atoms with van der Waals surface area (Å²) in [5, 5.41) is 16.0. The topological polar surface area (TPSA) is 87.8 Å². The highest BCUT2D eigenvalue weighted by molar-refractivity contribution is 5.72. The first-order chi connectivity index (χ1) is 17.3. The number of likely N-dealkylation sites (tertiary alicyclic amines) is 1. The third kappa shape index (κ3) is 6.78. The molecule has 0 spiro atoms. The number of unbranched alkanes of at least 4 members (excludes halogenated alkanes) is 1. The zero-order chi connectivity index (χ0) is 26.1. The number of nitrogens with one attached hydrogen (secondary N) is 1. The van der Waals surface area contributed by atoms with E-state index in [0.717, 1.165) is 38.6 Å². The number of carbonyl (C=O) groups excluding carboxylic acids is 1. The van der Waals surface area contributed by atoms with E-state index in [1.54, 1.807) is 20.1 Å². The molecule has 0 radical (unpaired) electrons. The number of nitrogens with two attached hydrogens (primary N) is 1. The summed E-state index contributed by atoms with van der Waals surface area (Å²) >= 11 is 0. The van der Waals surface area contributed by atoms with E-state index >= 15 is 0 Å². The molecule has 3 rings (SSSR count). The molecule has 4 N–H and O–H groups in total. The van der Waals surface area contributed by atoms with E-state index in [9.17, 15) is 14.3 Å². The Labute approximate surface area is 217 Å². The van der Waals surface area contributed by atoms with Gasteiger partial charge in [-0.05, 0) is 88.1 Å². The van der Waals surface area contributed by atoms with Gasteiger partial charge in [-0.3, -0.25) is 0 Å². The molecule has 204 valence electrons. The molecule has 2 aliphatic rings. The molecular formula is C29H48FN3O3. The third-order valence-corrected chi connectivity index (χ3v) is 8.78. The largest absolute Gasteiger partial charge is 0.385 e. The van der Waals surface area contributed by atoms with Crippen LogP contribution in [0.4, 0.5) is 9.18 Å². The van der Waals surface area contributed by atoms with Crippen molar-refractivity contribution in [2.24, 2.45) is 23.5 Å². The van der Waals surface area contributed by atoms with E-state index in [1.807, 2.05) is 18.0 Å². The number of primary amides is 1. The van der Waals surface area contributed by atoms with Crippen LogP contribution in [0.2, 0.25) is 0 Å². The number of piperidine rings is 1. The van der Waals surface area contributed by atoms with Gasteiger partial charge in [0, 0.05) is 32.2 Å². The smallest absolute Gasteiger partial charge is 0.315 e. The minimum atomic E-state index is -1.27. The minimum absolute atomic E-state index is 0.162. The number of carbonyl (C=O) groups is 1. The number of halogens is 1. The number of urea groups is 1. The van der Waals surface area contributed by atoms with Gasteiger partial charge in [0.15, 0.2) is 0 Å². The number of amides is 2. The molecule has 1 aliphatic carbocycles. The molecule has 0 bridgehead atoms. The van der Waals surface area contributed by atoms with Crippen molar-refractivity contribution < 1.29 is 19.0 Å². The van der Waals surface area contributed by atoms with Crippen molar-refractivity contribution in [1.29, 1.82) is 0 Å². The van der Waals surface area contributed by atoms with Gasteiger partial charge in [-0.15, -0.1) is 0 Å². The second-order valence-electron chi connectivity index (χ2n) is 11.1. The highest BCUT2D eigenvalue weighted by Gasteiger charge is 2.50. The molecular weight excluding hydrogens is 457 g/mol. The molecule has 6 nitrogen and oxygen atoms in total. The highest BCUT2D eigenvalue weighted by Crippen LogP contribution is 2.47. The molecule has 1 aromatic carbocycles. The summed E-state index contributed by atoms with van der Waals surface area (Å²) in [7, 11) is 3.63. The van der Waals surface area contributed by atoms with Crippen LogP contribution in [0.3, 0.4) is 0 Å². The second kappa shape index (κ2) is 13.7. The maximum atomic E-state index is 14.8. The lowest BCUT2D eigenvalue weighted by molar-refractivity contribution is -0.0940. The van der Waals surface area contributed by atoms with Crippen LogP contribution in [0.25, 0.3) is 0 Å². The summed E-state index contributed by atoms with van der Waals surface area (Å²) in [4.78, 5) is 14.6. The van der Waals surface area contributed by atoms with E-state index in [1.165, 1.54) is 38.2 Å². The van der Waals surface area contributed by atoms with Gasteiger partial charge in [0.25, 0.3) is 0 Å². The Bertz CT molecular complexity index is 832. The van der Waals surface area contributed by atoms with Crippen LogP contribution in [-0.4, -0.2) is 55.9 Å². The number of nitrogens with zero attached hydrogens (tertiary/aromatic N) is 1. The quantitative estimate of drug-likeness (QED) is 0.345. The van der Waals surface area contributed by atoms with Crippen LogP contribution < -0.4 is 11.1 Å². The van der Waals surface area contributed by atoms with Crippen LogP contribution in [0.1, 0.15) is 81.8 Å². The van der Waals surface area contributed by atoms with Crippen LogP contribution >= 0.6 is 0 Å². The summed E-state index contributed by atoms with van der Waals surface area (Å²) in [6.07, 6.45) is 10.9. The van der Waals surface area contributed by atoms with Gasteiger partial charge in [-0.25, -0.2) is 9.18 Å². The number of rotatable bonds is 12. The van der Waals surface area contributed by atoms with Crippen molar-refractivity contribution in [2.45, 2.75) is 89.2 Å². The Morgan fingerprint density at radius 1 is 1.25 bits per heavy atom. The lowest BCUT2D eigenvalue weighted by atomic mass is 9.65. The van der Waals surface area contributed by atoms with E-state index in [0.29, 0.717) is 36.6 Å². The van der Waals surface area contributed by atoms with Gasteiger partial charge < -0.3 is 25.8 Å². The summed E-state index contributed by atoms with van der Waals surface area (Å²) in [6, 6.07) is 4.37. The van der Waals surface area contributed by atoms with Crippen LogP contribution in [0.15, 0.2) is 18.2 Å². The third-order valence-electron chi connectivity index (χ3n) is 8.78. The van der Waals surface area contributed by atoms with E-state index in [-0.39, 0.29) is 23.7 Å². The fraction of sp³-hybridized carbons (Fsp3) is 0.759. The molecule has 2 amide bonds. The van der Waals surface area contributed by atoms with Gasteiger partial charge in [0.05, 0.1) is 5.60 Å². The van der Waals surface area contributed by atoms with Crippen molar-refractivity contribution in [3.05, 3.63) is 35.1 Å². The minimum Gasteiger partial charge on any atom is -0.385 e. The van der Waals surface area contributed by atoms with Gasteiger partial charge in [0.2, 0.25) is 0 Å². The number of benzene rings is 1. The van der Waals surface area contributed by atoms with E-state index in [2.05, 4.69) is 5.32 Å². The average molecular weight is 506 g/mol. The SMILES string of the molecule is CNC[C@H](CC1CCCCC1)C1C([C@](O)(CCCCOC)c2cccc(F)c2C)CCCN1C(N)=O. The molecule has 2 fully saturated rings. The van der Waals surface area contributed by atoms with Crippen molar-refractivity contribution >= 4 is 6.03 Å². The first kappa shape index (κ1) is 28.9. The standard InChI is InChI=1S/C29H48FN3O3/c1-21-24(13-9-15-26(21)30)29(35,16-7-8-18-36-3)25-14-10-17-33(28(31)34)27(25)23(20-32-2)19-22-11-5-4-6-12-22/h9,13,15,22-23,25,27,32,35H,4-8,10-12,14,16-20H2,1-3H3,(H2,31,34)/t23-,25?,27?,29-/m0/s1. The zero-order valence-corrected chi connectivity index (χ0v) is 22.6. The molecule has 1 aliphatic heterocycles. The van der Waals surface area contributed by atoms with Crippen molar-refractivity contribution in [1.82, 2.24) is 10.2 Å². The Morgan fingerprint density at radius 2 is 2.00 bits per heavy atom. The van der Waals surface area contributed by atoms with Crippen molar-refractivity contribution in [2.75, 3.05) is 33.9 Å². The van der Waals surface area contributed by atoms with Gasteiger partial charge in [0.1, 0.15) is 5.82 Å². The lowest BCUT2D eigenvalue weighted by Crippen LogP contribution is -2.60. The van der Waals surface area contributed by atoms with Crippen molar-refractivity contribution in [3.63, 3.8) is 0 Å². The maximum absolute atomic E-state index is 14.8. The number of methoxy groups -OCH3 is 1. The number of ether oxygens (including phenoxy) is 1. The molecule has 7 heteroatoms. The molecule has 1 saturated heterocycles. The van der Waals surface area contributed by atoms with Crippen LogP contribution in [-0.2, 0) is 10.3 Å². The molecule has 36 heavy (non-hydrogen) atoms. The second-order valence-corrected chi connectivity index (χ2v) is 11.1. The normalized spacial score (nSPS) is 23.9. The summed E-state index contributed by atoms with van der Waals surface area (Å²) < 4.78 is 20.0.